The molecule has 0 radical (unpaired) electrons. The Hall–Kier alpha value is -2.16. The number of hydrogen-bond acceptors (Lipinski definition) is 6. The van der Waals surface area contributed by atoms with Gasteiger partial charge in [-0.1, -0.05) is 0 Å². The van der Waals surface area contributed by atoms with E-state index in [1.54, 1.807) is 0 Å². The van der Waals surface area contributed by atoms with Crippen LogP contribution in [-0.4, -0.2) is 53.2 Å². The predicted molar refractivity (Wildman–Crippen MR) is 51.8 cm³/mol. The molecular weight excluding hydrogens is 236 g/mol. The van der Waals surface area contributed by atoms with Crippen LogP contribution in [0.2, 0.25) is 0 Å². The number of nitrogens with one attached hydrogen (secondary N) is 1. The van der Waals surface area contributed by atoms with E-state index < -0.39 is 49.4 Å². The number of amides is 1. The fourth-order valence-corrected chi connectivity index (χ4v) is 0.884. The van der Waals surface area contributed by atoms with Crippen LogP contribution < -0.4 is 11.1 Å². The van der Waals surface area contributed by atoms with Crippen LogP contribution in [0.15, 0.2) is 0 Å². The van der Waals surface area contributed by atoms with E-state index in [1.807, 2.05) is 0 Å². The Balaban J connectivity index is 4.33. The van der Waals surface area contributed by atoms with Crippen molar-refractivity contribution in [3.05, 3.63) is 0 Å². The van der Waals surface area contributed by atoms with E-state index in [-0.39, 0.29) is 0 Å². The second-order valence-electron chi connectivity index (χ2n) is 3.00. The fourth-order valence-electron chi connectivity index (χ4n) is 0.884. The summed E-state index contributed by atoms with van der Waals surface area (Å²) in [6.45, 7) is -1.46. The van der Waals surface area contributed by atoms with Crippen LogP contribution in [0.4, 0.5) is 0 Å². The minimum atomic E-state index is -1.37. The van der Waals surface area contributed by atoms with Crippen LogP contribution in [0.25, 0.3) is 0 Å². The summed E-state index contributed by atoms with van der Waals surface area (Å²) in [6, 6.07) is -1.28. The number of nitrogens with two attached hydrogens (primary N) is 1. The number of carboxylic acid groups (broad SMARTS) is 2. The van der Waals surface area contributed by atoms with Crippen LogP contribution in [0.3, 0.4) is 0 Å². The Labute approximate surface area is 95.5 Å². The van der Waals surface area contributed by atoms with Crippen LogP contribution in [0.1, 0.15) is 6.42 Å². The van der Waals surface area contributed by atoms with Gasteiger partial charge in [0.15, 0.2) is 6.61 Å². The molecule has 0 unspecified atom stereocenters. The first-order valence-corrected chi connectivity index (χ1v) is 4.44. The zero-order valence-corrected chi connectivity index (χ0v) is 8.71. The highest BCUT2D eigenvalue weighted by Gasteiger charge is 2.23. The molecule has 0 aliphatic carbocycles. The number of carbonyl (C=O) groups is 4. The lowest BCUT2D eigenvalue weighted by Crippen LogP contribution is -2.43. The molecule has 5 N–H and O–H groups in total. The number of esters is 1. The number of carboxylic acids is 2. The lowest BCUT2D eigenvalue weighted by molar-refractivity contribution is -0.157. The zero-order chi connectivity index (χ0) is 13.4. The fraction of sp³-hybridized carbons (Fsp3) is 0.500. The molecule has 0 saturated carbocycles. The molecule has 1 atom stereocenters. The van der Waals surface area contributed by atoms with Crippen molar-refractivity contribution in [3.8, 4) is 0 Å². The second kappa shape index (κ2) is 7.17. The van der Waals surface area contributed by atoms with Gasteiger partial charge in [0.05, 0.1) is 13.0 Å². The highest BCUT2D eigenvalue weighted by Crippen LogP contribution is 1.95. The van der Waals surface area contributed by atoms with Gasteiger partial charge in [0, 0.05) is 0 Å². The van der Waals surface area contributed by atoms with Crippen LogP contribution in [-0.2, 0) is 23.9 Å². The Kier molecular flexibility index (Phi) is 6.26. The third kappa shape index (κ3) is 7.73. The summed E-state index contributed by atoms with van der Waals surface area (Å²) < 4.78 is 4.30. The molecule has 0 rings (SSSR count). The summed E-state index contributed by atoms with van der Waals surface area (Å²) in [6.07, 6.45) is -0.480. The van der Waals surface area contributed by atoms with Crippen molar-refractivity contribution in [2.75, 3.05) is 13.2 Å². The third-order valence-electron chi connectivity index (χ3n) is 1.53. The van der Waals surface area contributed by atoms with Crippen molar-refractivity contribution in [1.29, 1.82) is 0 Å². The molecular formula is C8H12N2O7. The van der Waals surface area contributed by atoms with E-state index in [9.17, 15) is 19.2 Å². The average Bonchev–Trinajstić information content (AvgIpc) is 2.19. The molecule has 0 aliphatic heterocycles. The molecule has 0 fully saturated rings. The van der Waals surface area contributed by atoms with E-state index in [0.29, 0.717) is 0 Å². The first kappa shape index (κ1) is 14.8. The van der Waals surface area contributed by atoms with Gasteiger partial charge in [-0.05, 0) is 0 Å². The van der Waals surface area contributed by atoms with E-state index in [1.165, 1.54) is 0 Å². The lowest BCUT2D eigenvalue weighted by Gasteiger charge is -2.14. The highest BCUT2D eigenvalue weighted by molar-refractivity contribution is 5.86. The number of hydrogen-bond donors (Lipinski definition) is 4. The average molecular weight is 248 g/mol. The van der Waals surface area contributed by atoms with Crippen LogP contribution >= 0.6 is 0 Å². The summed E-state index contributed by atoms with van der Waals surface area (Å²) in [4.78, 5) is 42.2. The zero-order valence-electron chi connectivity index (χ0n) is 8.71. The Morgan fingerprint density at radius 3 is 2.18 bits per heavy atom. The molecule has 0 aromatic heterocycles. The van der Waals surface area contributed by atoms with Crippen molar-refractivity contribution < 1.29 is 34.1 Å². The standard InChI is InChI=1S/C8H12N2O7/c9-5(11)1-4(10-2-6(12)13)8(16)17-3-7(14)15/h4,10H,1-3H2,(H2,9,11)(H,12,13)(H,14,15)/t4-/m0/s1. The first-order valence-electron chi connectivity index (χ1n) is 4.44. The van der Waals surface area contributed by atoms with Gasteiger partial charge in [-0.25, -0.2) is 4.79 Å². The van der Waals surface area contributed by atoms with E-state index in [2.05, 4.69) is 10.1 Å². The van der Waals surface area contributed by atoms with E-state index in [0.717, 1.165) is 0 Å². The van der Waals surface area contributed by atoms with Crippen molar-refractivity contribution in [2.24, 2.45) is 5.73 Å². The van der Waals surface area contributed by atoms with Gasteiger partial charge in [0.2, 0.25) is 5.91 Å². The largest absolute Gasteiger partial charge is 0.480 e. The molecule has 0 aromatic rings. The molecule has 0 heterocycles. The lowest BCUT2D eigenvalue weighted by atomic mass is 10.2. The van der Waals surface area contributed by atoms with Crippen molar-refractivity contribution in [1.82, 2.24) is 5.32 Å². The number of aliphatic carboxylic acids is 2. The number of primary amides is 1. The molecule has 17 heavy (non-hydrogen) atoms. The molecule has 9 nitrogen and oxygen atoms in total. The van der Waals surface area contributed by atoms with Crippen LogP contribution in [0.5, 0.6) is 0 Å². The van der Waals surface area contributed by atoms with Gasteiger partial charge < -0.3 is 20.7 Å². The predicted octanol–water partition coefficient (Wildman–Crippen LogP) is -2.47. The normalized spacial score (nSPS) is 11.5. The van der Waals surface area contributed by atoms with Gasteiger partial charge in [-0.15, -0.1) is 0 Å². The quantitative estimate of drug-likeness (QED) is 0.344. The molecule has 0 aliphatic rings. The van der Waals surface area contributed by atoms with Crippen LogP contribution in [0, 0.1) is 0 Å². The second-order valence-corrected chi connectivity index (χ2v) is 3.00. The first-order chi connectivity index (χ1) is 7.82. The maximum atomic E-state index is 11.2. The molecule has 0 bridgehead atoms. The molecule has 9 heteroatoms. The monoisotopic (exact) mass is 248 g/mol. The number of rotatable bonds is 8. The van der Waals surface area contributed by atoms with Crippen molar-refractivity contribution in [3.63, 3.8) is 0 Å². The molecule has 96 valence electrons. The van der Waals surface area contributed by atoms with Gasteiger partial charge in [0.1, 0.15) is 6.04 Å². The van der Waals surface area contributed by atoms with E-state index >= 15 is 0 Å². The molecule has 0 spiro atoms. The minimum Gasteiger partial charge on any atom is -0.480 e. The number of ether oxygens (including phenoxy) is 1. The Morgan fingerprint density at radius 1 is 1.18 bits per heavy atom. The summed E-state index contributed by atoms with van der Waals surface area (Å²) in [5.74, 6) is -4.51. The van der Waals surface area contributed by atoms with Gasteiger partial charge in [-0.3, -0.25) is 19.7 Å². The summed E-state index contributed by atoms with van der Waals surface area (Å²) in [7, 11) is 0. The van der Waals surface area contributed by atoms with Crippen molar-refractivity contribution >= 4 is 23.8 Å². The summed E-state index contributed by atoms with van der Waals surface area (Å²) in [5, 5.41) is 18.8. The molecule has 0 aromatic carbocycles. The van der Waals surface area contributed by atoms with Gasteiger partial charge >= 0.3 is 17.9 Å². The smallest absolute Gasteiger partial charge is 0.341 e. The summed E-state index contributed by atoms with van der Waals surface area (Å²) in [5.41, 5.74) is 4.84. The molecule has 1 amide bonds. The van der Waals surface area contributed by atoms with E-state index in [4.69, 9.17) is 15.9 Å². The highest BCUT2D eigenvalue weighted by atomic mass is 16.6. The topological polar surface area (TPSA) is 156 Å². The third-order valence-corrected chi connectivity index (χ3v) is 1.53. The Bertz CT molecular complexity index is 328. The van der Waals surface area contributed by atoms with Gasteiger partial charge in [0.25, 0.3) is 0 Å². The minimum absolute atomic E-state index is 0.480. The molecule has 0 saturated heterocycles. The van der Waals surface area contributed by atoms with Gasteiger partial charge in [-0.2, -0.15) is 0 Å². The SMILES string of the molecule is NC(=O)C[C@H](NCC(=O)O)C(=O)OCC(=O)O. The maximum absolute atomic E-state index is 11.2. The summed E-state index contributed by atoms with van der Waals surface area (Å²) >= 11 is 0. The maximum Gasteiger partial charge on any atom is 0.341 e. The Morgan fingerprint density at radius 2 is 1.76 bits per heavy atom. The number of carbonyl (C=O) groups excluding carboxylic acids is 2. The van der Waals surface area contributed by atoms with Crippen molar-refractivity contribution in [2.45, 2.75) is 12.5 Å².